The van der Waals surface area contributed by atoms with E-state index < -0.39 is 11.8 Å². The molecule has 1 aliphatic heterocycles. The second kappa shape index (κ2) is 12.0. The van der Waals surface area contributed by atoms with Crippen LogP contribution in [0, 0.1) is 5.92 Å². The summed E-state index contributed by atoms with van der Waals surface area (Å²) in [5, 5.41) is 10.5. The van der Waals surface area contributed by atoms with Crippen molar-refractivity contribution in [3.05, 3.63) is 71.8 Å². The number of aromatic nitrogens is 2. The molecule has 2 amide bonds. The van der Waals surface area contributed by atoms with Gasteiger partial charge in [0.1, 0.15) is 0 Å². The first-order chi connectivity index (χ1) is 17.6. The van der Waals surface area contributed by atoms with Crippen LogP contribution >= 0.6 is 0 Å². The lowest BCUT2D eigenvalue weighted by molar-refractivity contribution is 0.0642. The minimum atomic E-state index is -0.428. The Morgan fingerprint density at radius 1 is 1.14 bits per heavy atom. The molecule has 0 radical (unpaired) electrons. The van der Waals surface area contributed by atoms with E-state index in [1.165, 1.54) is 19.5 Å². The third-order valence-electron chi connectivity index (χ3n) is 6.06. The maximum atomic E-state index is 13.3. The van der Waals surface area contributed by atoms with Crippen LogP contribution in [0.4, 0.5) is 5.82 Å². The normalized spacial score (nSPS) is 14.0. The van der Waals surface area contributed by atoms with Gasteiger partial charge in [0.15, 0.2) is 11.5 Å². The fourth-order valence-electron chi connectivity index (χ4n) is 4.12. The molecule has 1 fully saturated rings. The van der Waals surface area contributed by atoms with Crippen molar-refractivity contribution in [2.45, 2.75) is 19.4 Å². The van der Waals surface area contributed by atoms with E-state index in [1.807, 2.05) is 30.3 Å². The predicted octanol–water partition coefficient (Wildman–Crippen LogP) is 2.57. The van der Waals surface area contributed by atoms with Crippen LogP contribution < -0.4 is 26.4 Å². The van der Waals surface area contributed by atoms with Gasteiger partial charge in [0, 0.05) is 44.3 Å². The van der Waals surface area contributed by atoms with Gasteiger partial charge in [-0.05, 0) is 41.2 Å². The van der Waals surface area contributed by atoms with E-state index in [-0.39, 0.29) is 17.4 Å². The Morgan fingerprint density at radius 2 is 1.92 bits per heavy atom. The number of methoxy groups -OCH3 is 1. The fourth-order valence-corrected chi connectivity index (χ4v) is 4.12. The van der Waals surface area contributed by atoms with Gasteiger partial charge in [-0.15, -0.1) is 0 Å². The molecule has 0 spiro atoms. The number of fused-ring (bicyclic) bond motifs is 1. The van der Waals surface area contributed by atoms with Crippen molar-refractivity contribution in [2.24, 2.45) is 11.7 Å². The van der Waals surface area contributed by atoms with Crippen molar-refractivity contribution < 1.29 is 19.1 Å². The standard InChI is InChI=1S/C26H30N6O4/c1-35-22-16-29-24(23(31-22)26(34)30-14-17-8-12-36-13-9-17)32-25(33)21-7-6-18(15-28-11-10-27)19-4-2-3-5-20(19)21/h2-7,10-11,16-17,28H,8-9,12-15,27H2,1H3,(H,30,34)(H,29,32,33)/b11-10-. The van der Waals surface area contributed by atoms with Gasteiger partial charge < -0.3 is 31.2 Å². The maximum absolute atomic E-state index is 13.3. The van der Waals surface area contributed by atoms with Gasteiger partial charge in [0.05, 0.1) is 13.3 Å². The first kappa shape index (κ1) is 24.9. The summed E-state index contributed by atoms with van der Waals surface area (Å²) in [6.45, 7) is 2.42. The Balaban J connectivity index is 1.57. The third-order valence-corrected chi connectivity index (χ3v) is 6.06. The lowest BCUT2D eigenvalue weighted by Crippen LogP contribution is -2.33. The monoisotopic (exact) mass is 490 g/mol. The van der Waals surface area contributed by atoms with Gasteiger partial charge in [-0.2, -0.15) is 0 Å². The number of carbonyl (C=O) groups excluding carboxylic acids is 2. The largest absolute Gasteiger partial charge is 0.480 e. The second-order valence-corrected chi connectivity index (χ2v) is 8.39. The first-order valence-corrected chi connectivity index (χ1v) is 11.8. The van der Waals surface area contributed by atoms with Crippen molar-refractivity contribution in [1.82, 2.24) is 20.6 Å². The highest BCUT2D eigenvalue weighted by Gasteiger charge is 2.22. The van der Waals surface area contributed by atoms with E-state index in [0.29, 0.717) is 37.8 Å². The first-order valence-electron chi connectivity index (χ1n) is 11.8. The quantitative estimate of drug-likeness (QED) is 0.359. The molecule has 10 heteroatoms. The van der Waals surface area contributed by atoms with Crippen molar-refractivity contribution >= 4 is 28.4 Å². The molecular formula is C26H30N6O4. The van der Waals surface area contributed by atoms with Crippen molar-refractivity contribution in [2.75, 3.05) is 32.2 Å². The molecule has 2 aromatic carbocycles. The summed E-state index contributed by atoms with van der Waals surface area (Å²) in [5.74, 6) is -0.252. The van der Waals surface area contributed by atoms with Gasteiger partial charge in [-0.25, -0.2) is 9.97 Å². The molecule has 3 aromatic rings. The molecule has 2 heterocycles. The molecule has 1 aliphatic rings. The number of hydrogen-bond donors (Lipinski definition) is 4. The average Bonchev–Trinajstić information content (AvgIpc) is 2.92. The molecule has 0 unspecified atom stereocenters. The molecule has 0 aliphatic carbocycles. The number of nitrogens with one attached hydrogen (secondary N) is 3. The maximum Gasteiger partial charge on any atom is 0.273 e. The Morgan fingerprint density at radius 3 is 2.67 bits per heavy atom. The molecule has 0 atom stereocenters. The molecule has 36 heavy (non-hydrogen) atoms. The molecule has 0 saturated carbocycles. The van der Waals surface area contributed by atoms with E-state index >= 15 is 0 Å². The van der Waals surface area contributed by atoms with Crippen LogP contribution in [0.15, 0.2) is 55.0 Å². The summed E-state index contributed by atoms with van der Waals surface area (Å²) in [6.07, 6.45) is 6.22. The predicted molar refractivity (Wildman–Crippen MR) is 137 cm³/mol. The van der Waals surface area contributed by atoms with E-state index in [1.54, 1.807) is 12.3 Å². The summed E-state index contributed by atoms with van der Waals surface area (Å²) < 4.78 is 10.5. The zero-order valence-corrected chi connectivity index (χ0v) is 20.1. The number of amides is 2. The average molecular weight is 491 g/mol. The van der Waals surface area contributed by atoms with E-state index in [0.717, 1.165) is 29.2 Å². The molecule has 4 rings (SSSR count). The van der Waals surface area contributed by atoms with Gasteiger partial charge >= 0.3 is 0 Å². The van der Waals surface area contributed by atoms with E-state index in [9.17, 15) is 9.59 Å². The van der Waals surface area contributed by atoms with Crippen LogP contribution in [0.2, 0.25) is 0 Å². The molecule has 188 valence electrons. The summed E-state index contributed by atoms with van der Waals surface area (Å²) in [5.41, 5.74) is 6.86. The second-order valence-electron chi connectivity index (χ2n) is 8.39. The third kappa shape index (κ3) is 5.89. The summed E-state index contributed by atoms with van der Waals surface area (Å²) in [4.78, 5) is 34.8. The molecule has 5 N–H and O–H groups in total. The SMILES string of the molecule is COc1cnc(NC(=O)c2ccc(CN/C=C\N)c3ccccc23)c(C(=O)NCC2CCOCC2)n1. The summed E-state index contributed by atoms with van der Waals surface area (Å²) in [6, 6.07) is 11.3. The molecule has 1 saturated heterocycles. The number of nitrogens with zero attached hydrogens (tertiary/aromatic N) is 2. The van der Waals surface area contributed by atoms with Crippen LogP contribution in [0.25, 0.3) is 10.8 Å². The van der Waals surface area contributed by atoms with Gasteiger partial charge in [-0.3, -0.25) is 9.59 Å². The van der Waals surface area contributed by atoms with Gasteiger partial charge in [0.25, 0.3) is 11.8 Å². The Hall–Kier alpha value is -4.18. The topological polar surface area (TPSA) is 140 Å². The zero-order valence-electron chi connectivity index (χ0n) is 20.1. The van der Waals surface area contributed by atoms with Crippen molar-refractivity contribution in [3.63, 3.8) is 0 Å². The van der Waals surface area contributed by atoms with Crippen LogP contribution in [-0.2, 0) is 11.3 Å². The number of rotatable bonds is 9. The van der Waals surface area contributed by atoms with E-state index in [2.05, 4.69) is 25.9 Å². The van der Waals surface area contributed by atoms with E-state index in [4.69, 9.17) is 15.2 Å². The van der Waals surface area contributed by atoms with Crippen LogP contribution in [0.1, 0.15) is 39.3 Å². The van der Waals surface area contributed by atoms with Gasteiger partial charge in [-0.1, -0.05) is 30.3 Å². The highest BCUT2D eigenvalue weighted by Crippen LogP contribution is 2.25. The van der Waals surface area contributed by atoms with Crippen LogP contribution in [-0.4, -0.2) is 48.7 Å². The smallest absolute Gasteiger partial charge is 0.273 e. The molecular weight excluding hydrogens is 460 g/mol. The summed E-state index contributed by atoms with van der Waals surface area (Å²) in [7, 11) is 1.44. The van der Waals surface area contributed by atoms with Crippen LogP contribution in [0.3, 0.4) is 0 Å². The summed E-state index contributed by atoms with van der Waals surface area (Å²) >= 11 is 0. The molecule has 10 nitrogen and oxygen atoms in total. The number of carbonyl (C=O) groups is 2. The Kier molecular flexibility index (Phi) is 8.30. The zero-order chi connectivity index (χ0) is 25.3. The number of nitrogens with two attached hydrogens (primary N) is 1. The number of hydrogen-bond acceptors (Lipinski definition) is 8. The van der Waals surface area contributed by atoms with Gasteiger partial charge in [0.2, 0.25) is 5.88 Å². The molecule has 0 bridgehead atoms. The highest BCUT2D eigenvalue weighted by atomic mass is 16.5. The number of ether oxygens (including phenoxy) is 2. The minimum absolute atomic E-state index is 0.00606. The lowest BCUT2D eigenvalue weighted by atomic mass is 9.99. The minimum Gasteiger partial charge on any atom is -0.480 e. The highest BCUT2D eigenvalue weighted by molar-refractivity contribution is 6.14. The Bertz CT molecular complexity index is 1260. The Labute approximate surface area is 209 Å². The lowest BCUT2D eigenvalue weighted by Gasteiger charge is -2.22. The van der Waals surface area contributed by atoms with Crippen molar-refractivity contribution in [3.8, 4) is 5.88 Å². The fraction of sp³-hybridized carbons (Fsp3) is 0.308. The van der Waals surface area contributed by atoms with Crippen LogP contribution in [0.5, 0.6) is 5.88 Å². The van der Waals surface area contributed by atoms with Crippen molar-refractivity contribution in [1.29, 1.82) is 0 Å². The number of anilines is 1. The molecule has 1 aromatic heterocycles. The number of benzene rings is 2.